The fourth-order valence-corrected chi connectivity index (χ4v) is 1.93. The predicted octanol–water partition coefficient (Wildman–Crippen LogP) is 1.27. The smallest absolute Gasteiger partial charge is 0.260 e. The van der Waals surface area contributed by atoms with Crippen molar-refractivity contribution in [1.82, 2.24) is 9.97 Å². The number of carbonyl (C=O) groups is 1. The van der Waals surface area contributed by atoms with Crippen molar-refractivity contribution in [2.75, 3.05) is 11.9 Å². The largest absolute Gasteiger partial charge is 0.384 e. The van der Waals surface area contributed by atoms with Crippen molar-refractivity contribution in [3.63, 3.8) is 0 Å². The maximum atomic E-state index is 13.3. The molecular weight excluding hydrogens is 269 g/mol. The number of halogens is 1. The molecule has 0 unspecified atom stereocenters. The van der Waals surface area contributed by atoms with Crippen LogP contribution in [-0.4, -0.2) is 27.6 Å². The van der Waals surface area contributed by atoms with E-state index in [-0.39, 0.29) is 12.2 Å². The molecule has 0 atom stereocenters. The van der Waals surface area contributed by atoms with E-state index in [0.29, 0.717) is 10.0 Å². The van der Waals surface area contributed by atoms with Crippen molar-refractivity contribution in [3.05, 3.63) is 40.9 Å². The summed E-state index contributed by atoms with van der Waals surface area (Å²) in [5.74, 6) is 3.83. The Morgan fingerprint density at radius 2 is 2.37 bits per heavy atom. The lowest BCUT2D eigenvalue weighted by atomic mass is 10.2. The Kier molecular flexibility index (Phi) is 4.18. The molecule has 5 nitrogen and oxygen atoms in total. The summed E-state index contributed by atoms with van der Waals surface area (Å²) in [5, 5.41) is 11.3. The second kappa shape index (κ2) is 6.04. The minimum atomic E-state index is -0.697. The molecule has 0 saturated heterocycles. The molecule has 0 spiro atoms. The number of carbonyl (C=O) groups excluding carboxylic acids is 1. The highest BCUT2D eigenvalue weighted by atomic mass is 32.1. The fraction of sp³-hybridized carbons (Fsp3) is 0.0833. The van der Waals surface area contributed by atoms with Crippen LogP contribution >= 0.6 is 11.3 Å². The van der Waals surface area contributed by atoms with E-state index < -0.39 is 11.7 Å². The van der Waals surface area contributed by atoms with Crippen LogP contribution in [0.1, 0.15) is 15.2 Å². The molecular formula is C12H8FN3O2S. The summed E-state index contributed by atoms with van der Waals surface area (Å²) in [6, 6.07) is 1.28. The van der Waals surface area contributed by atoms with E-state index in [4.69, 9.17) is 5.11 Å². The second-order valence-corrected chi connectivity index (χ2v) is 4.33. The molecule has 0 radical (unpaired) electrons. The maximum absolute atomic E-state index is 13.3. The van der Waals surface area contributed by atoms with Crippen molar-refractivity contribution in [1.29, 1.82) is 0 Å². The topological polar surface area (TPSA) is 75.1 Å². The fourth-order valence-electron chi connectivity index (χ4n) is 1.24. The molecule has 2 rings (SSSR count). The van der Waals surface area contributed by atoms with E-state index in [1.165, 1.54) is 18.5 Å². The van der Waals surface area contributed by atoms with Crippen molar-refractivity contribution in [3.8, 4) is 11.8 Å². The van der Waals surface area contributed by atoms with Crippen LogP contribution in [0.5, 0.6) is 0 Å². The molecule has 0 bridgehead atoms. The van der Waals surface area contributed by atoms with Crippen molar-refractivity contribution >= 4 is 22.4 Å². The molecule has 96 valence electrons. The average Bonchev–Trinajstić information content (AvgIpc) is 2.84. The van der Waals surface area contributed by atoms with Gasteiger partial charge in [-0.15, -0.1) is 0 Å². The third kappa shape index (κ3) is 3.34. The van der Waals surface area contributed by atoms with E-state index in [0.717, 1.165) is 17.5 Å². The molecule has 2 N–H and O–H groups in total. The van der Waals surface area contributed by atoms with Gasteiger partial charge in [0.2, 0.25) is 0 Å². The SMILES string of the molecule is O=C(Nc1ncc(C#CCO)s1)c1ccncc1F. The van der Waals surface area contributed by atoms with Crippen LogP contribution in [0.4, 0.5) is 9.52 Å². The molecule has 19 heavy (non-hydrogen) atoms. The van der Waals surface area contributed by atoms with Crippen molar-refractivity contribution < 1.29 is 14.3 Å². The lowest BCUT2D eigenvalue weighted by Gasteiger charge is -2.01. The molecule has 1 amide bonds. The number of hydrogen-bond acceptors (Lipinski definition) is 5. The second-order valence-electron chi connectivity index (χ2n) is 3.30. The monoisotopic (exact) mass is 277 g/mol. The number of rotatable bonds is 2. The average molecular weight is 277 g/mol. The van der Waals surface area contributed by atoms with Gasteiger partial charge in [0.25, 0.3) is 5.91 Å². The first-order chi connectivity index (χ1) is 9.20. The lowest BCUT2D eigenvalue weighted by molar-refractivity contribution is 0.102. The van der Waals surface area contributed by atoms with Gasteiger partial charge in [-0.1, -0.05) is 23.2 Å². The molecule has 0 aliphatic rings. The van der Waals surface area contributed by atoms with Gasteiger partial charge in [-0.2, -0.15) is 0 Å². The van der Waals surface area contributed by atoms with Crippen LogP contribution in [-0.2, 0) is 0 Å². The Morgan fingerprint density at radius 1 is 1.53 bits per heavy atom. The molecule has 0 aliphatic heterocycles. The van der Waals surface area contributed by atoms with Gasteiger partial charge in [0.1, 0.15) is 6.61 Å². The minimum absolute atomic E-state index is 0.104. The summed E-state index contributed by atoms with van der Waals surface area (Å²) < 4.78 is 13.3. The van der Waals surface area contributed by atoms with E-state index >= 15 is 0 Å². The molecule has 0 saturated carbocycles. The van der Waals surface area contributed by atoms with Crippen molar-refractivity contribution in [2.45, 2.75) is 0 Å². The Labute approximate surface area is 112 Å². The molecule has 2 aromatic heterocycles. The normalized spacial score (nSPS) is 9.58. The number of nitrogens with zero attached hydrogens (tertiary/aromatic N) is 2. The van der Waals surface area contributed by atoms with E-state index in [1.54, 1.807) is 0 Å². The summed E-state index contributed by atoms with van der Waals surface area (Å²) in [4.78, 5) is 19.9. The molecule has 2 heterocycles. The third-order valence-electron chi connectivity index (χ3n) is 2.03. The first-order valence-corrected chi connectivity index (χ1v) is 5.99. The minimum Gasteiger partial charge on any atom is -0.384 e. The number of pyridine rings is 1. The first kappa shape index (κ1) is 13.1. The van der Waals surface area contributed by atoms with Gasteiger partial charge >= 0.3 is 0 Å². The number of aromatic nitrogens is 2. The summed E-state index contributed by atoms with van der Waals surface area (Å²) in [6.45, 7) is -0.248. The maximum Gasteiger partial charge on any atom is 0.260 e. The first-order valence-electron chi connectivity index (χ1n) is 5.17. The highest BCUT2D eigenvalue weighted by Gasteiger charge is 2.12. The van der Waals surface area contributed by atoms with Gasteiger partial charge in [-0.3, -0.25) is 15.1 Å². The summed E-state index contributed by atoms with van der Waals surface area (Å²) in [5.41, 5.74) is -0.104. The zero-order valence-corrected chi connectivity index (χ0v) is 10.4. The van der Waals surface area contributed by atoms with Crippen LogP contribution in [0.25, 0.3) is 0 Å². The summed E-state index contributed by atoms with van der Waals surface area (Å²) >= 11 is 1.14. The van der Waals surface area contributed by atoms with Gasteiger partial charge < -0.3 is 5.11 Å². The van der Waals surface area contributed by atoms with E-state index in [9.17, 15) is 9.18 Å². The highest BCUT2D eigenvalue weighted by Crippen LogP contribution is 2.18. The Hall–Kier alpha value is -2.30. The van der Waals surface area contributed by atoms with Crippen LogP contribution in [0.2, 0.25) is 0 Å². The Morgan fingerprint density at radius 3 is 3.11 bits per heavy atom. The van der Waals surface area contributed by atoms with Gasteiger partial charge in [0.05, 0.1) is 22.8 Å². The number of thiazole rings is 1. The zero-order valence-electron chi connectivity index (χ0n) is 9.55. The Balaban J connectivity index is 2.11. The van der Waals surface area contributed by atoms with Crippen LogP contribution < -0.4 is 5.32 Å². The summed E-state index contributed by atoms with van der Waals surface area (Å²) in [6.07, 6.45) is 3.76. The number of aliphatic hydroxyl groups excluding tert-OH is 1. The van der Waals surface area contributed by atoms with Gasteiger partial charge in [0, 0.05) is 6.20 Å². The van der Waals surface area contributed by atoms with E-state index in [1.807, 2.05) is 0 Å². The predicted molar refractivity (Wildman–Crippen MR) is 68.2 cm³/mol. The van der Waals surface area contributed by atoms with Crippen LogP contribution in [0.3, 0.4) is 0 Å². The van der Waals surface area contributed by atoms with Crippen LogP contribution in [0.15, 0.2) is 24.7 Å². The molecule has 0 aromatic carbocycles. The molecule has 0 fully saturated rings. The molecule has 7 heteroatoms. The highest BCUT2D eigenvalue weighted by molar-refractivity contribution is 7.16. The number of nitrogens with one attached hydrogen (secondary N) is 1. The third-order valence-corrected chi connectivity index (χ3v) is 2.86. The van der Waals surface area contributed by atoms with E-state index in [2.05, 4.69) is 27.1 Å². The standard InChI is InChI=1S/C12H8FN3O2S/c13-10-7-14-4-3-9(10)11(18)16-12-15-6-8(19-12)2-1-5-17/h3-4,6-7,17H,5H2,(H,15,16,18). The van der Waals surface area contributed by atoms with Gasteiger partial charge in [0.15, 0.2) is 10.9 Å². The number of hydrogen-bond donors (Lipinski definition) is 2. The van der Waals surface area contributed by atoms with Gasteiger partial charge in [-0.05, 0) is 6.07 Å². The number of anilines is 1. The molecule has 2 aromatic rings. The number of amides is 1. The van der Waals surface area contributed by atoms with Crippen molar-refractivity contribution in [2.24, 2.45) is 0 Å². The van der Waals surface area contributed by atoms with Gasteiger partial charge in [-0.25, -0.2) is 9.37 Å². The quantitative estimate of drug-likeness (QED) is 0.811. The van der Waals surface area contributed by atoms with Crippen LogP contribution in [0, 0.1) is 17.7 Å². The molecule has 0 aliphatic carbocycles. The Bertz CT molecular complexity index is 660. The zero-order chi connectivity index (χ0) is 13.7. The summed E-state index contributed by atoms with van der Waals surface area (Å²) in [7, 11) is 0. The number of aliphatic hydroxyl groups is 1. The lowest BCUT2D eigenvalue weighted by Crippen LogP contribution is -2.13.